The highest BCUT2D eigenvalue weighted by molar-refractivity contribution is 5.73. The molecule has 2 aromatic carbocycles. The van der Waals surface area contributed by atoms with E-state index in [0.717, 1.165) is 17.7 Å². The van der Waals surface area contributed by atoms with E-state index >= 15 is 0 Å². The molecule has 0 atom stereocenters. The summed E-state index contributed by atoms with van der Waals surface area (Å²) in [6.45, 7) is 3.63. The van der Waals surface area contributed by atoms with Crippen LogP contribution in [0.5, 0.6) is 5.75 Å². The van der Waals surface area contributed by atoms with Crippen LogP contribution in [0.25, 0.3) is 0 Å². The van der Waals surface area contributed by atoms with Crippen molar-refractivity contribution in [2.24, 2.45) is 0 Å². The van der Waals surface area contributed by atoms with Gasteiger partial charge in [0, 0.05) is 13.6 Å². The Labute approximate surface area is 138 Å². The lowest BCUT2D eigenvalue weighted by atomic mass is 10.1. The monoisotopic (exact) mass is 312 g/mol. The first-order valence-electron chi connectivity index (χ1n) is 7.94. The van der Waals surface area contributed by atoms with Crippen molar-refractivity contribution >= 4 is 6.03 Å². The Bertz CT molecular complexity index is 614. The van der Waals surface area contributed by atoms with Crippen LogP contribution in [0.4, 0.5) is 4.79 Å². The zero-order valence-electron chi connectivity index (χ0n) is 13.8. The highest BCUT2D eigenvalue weighted by Gasteiger charge is 2.08. The van der Waals surface area contributed by atoms with Crippen LogP contribution in [0.3, 0.4) is 0 Å². The maximum Gasteiger partial charge on any atom is 0.317 e. The average molecular weight is 312 g/mol. The summed E-state index contributed by atoms with van der Waals surface area (Å²) in [6, 6.07) is 17.8. The molecule has 2 rings (SSSR count). The van der Waals surface area contributed by atoms with E-state index in [9.17, 15) is 4.79 Å². The largest absolute Gasteiger partial charge is 0.491 e. The van der Waals surface area contributed by atoms with Gasteiger partial charge >= 0.3 is 6.03 Å². The molecule has 0 radical (unpaired) electrons. The van der Waals surface area contributed by atoms with Crippen molar-refractivity contribution in [2.75, 3.05) is 20.2 Å². The number of nitrogens with one attached hydrogen (secondary N) is 1. The summed E-state index contributed by atoms with van der Waals surface area (Å²) in [6.07, 6.45) is 0.933. The molecule has 122 valence electrons. The van der Waals surface area contributed by atoms with E-state index in [4.69, 9.17) is 4.74 Å². The third kappa shape index (κ3) is 5.33. The van der Waals surface area contributed by atoms with Crippen LogP contribution >= 0.6 is 0 Å². The van der Waals surface area contributed by atoms with Gasteiger partial charge in [0.2, 0.25) is 0 Å². The third-order valence-electron chi connectivity index (χ3n) is 3.60. The van der Waals surface area contributed by atoms with Crippen molar-refractivity contribution < 1.29 is 9.53 Å². The number of urea groups is 1. The number of ether oxygens (including phenoxy) is 1. The van der Waals surface area contributed by atoms with Crippen LogP contribution in [-0.2, 0) is 13.0 Å². The van der Waals surface area contributed by atoms with E-state index in [0.29, 0.717) is 19.7 Å². The van der Waals surface area contributed by atoms with Crippen LogP contribution in [-0.4, -0.2) is 31.1 Å². The summed E-state index contributed by atoms with van der Waals surface area (Å²) in [7, 11) is 1.79. The topological polar surface area (TPSA) is 41.6 Å². The Hall–Kier alpha value is -2.49. The molecular formula is C19H24N2O2. The van der Waals surface area contributed by atoms with E-state index in [-0.39, 0.29) is 6.03 Å². The Balaban J connectivity index is 1.72. The molecule has 0 aliphatic heterocycles. The number of rotatable bonds is 7. The summed E-state index contributed by atoms with van der Waals surface area (Å²) in [4.78, 5) is 13.7. The van der Waals surface area contributed by atoms with Gasteiger partial charge in [0.25, 0.3) is 0 Å². The fourth-order valence-electron chi connectivity index (χ4n) is 2.32. The SMILES string of the molecule is CCc1ccccc1OCCNC(=O)N(C)Cc1ccccc1. The summed E-state index contributed by atoms with van der Waals surface area (Å²) >= 11 is 0. The first kappa shape index (κ1) is 16.9. The third-order valence-corrected chi connectivity index (χ3v) is 3.60. The van der Waals surface area contributed by atoms with Gasteiger partial charge in [0.05, 0.1) is 6.54 Å². The second-order valence-electron chi connectivity index (χ2n) is 5.38. The molecule has 0 spiro atoms. The minimum atomic E-state index is -0.0961. The maximum atomic E-state index is 12.0. The Morgan fingerprint density at radius 2 is 1.78 bits per heavy atom. The number of para-hydroxylation sites is 1. The van der Waals surface area contributed by atoms with Gasteiger partial charge in [0.1, 0.15) is 12.4 Å². The van der Waals surface area contributed by atoms with E-state index in [2.05, 4.69) is 18.3 Å². The van der Waals surface area contributed by atoms with Crippen LogP contribution in [0, 0.1) is 0 Å². The minimum Gasteiger partial charge on any atom is -0.491 e. The standard InChI is InChI=1S/C19H24N2O2/c1-3-17-11-7-8-12-18(17)23-14-13-20-19(22)21(2)15-16-9-5-4-6-10-16/h4-12H,3,13-15H2,1-2H3,(H,20,22). The number of carbonyl (C=O) groups is 1. The molecule has 0 unspecified atom stereocenters. The van der Waals surface area contributed by atoms with Gasteiger partial charge < -0.3 is 15.0 Å². The number of aryl methyl sites for hydroxylation is 1. The molecule has 4 nitrogen and oxygen atoms in total. The zero-order valence-corrected chi connectivity index (χ0v) is 13.8. The summed E-state index contributed by atoms with van der Waals surface area (Å²) < 4.78 is 5.74. The summed E-state index contributed by atoms with van der Waals surface area (Å²) in [5.41, 5.74) is 2.29. The van der Waals surface area contributed by atoms with Crippen LogP contribution in [0.2, 0.25) is 0 Å². The van der Waals surface area contributed by atoms with Gasteiger partial charge in [-0.2, -0.15) is 0 Å². The Morgan fingerprint density at radius 1 is 1.09 bits per heavy atom. The molecule has 0 saturated heterocycles. The second-order valence-corrected chi connectivity index (χ2v) is 5.38. The van der Waals surface area contributed by atoms with Gasteiger partial charge in [-0.05, 0) is 23.6 Å². The van der Waals surface area contributed by atoms with Gasteiger partial charge in [-0.25, -0.2) is 4.79 Å². The summed E-state index contributed by atoms with van der Waals surface area (Å²) in [5, 5.41) is 2.87. The number of nitrogens with zero attached hydrogens (tertiary/aromatic N) is 1. The van der Waals surface area contributed by atoms with E-state index in [1.54, 1.807) is 11.9 Å². The average Bonchev–Trinajstić information content (AvgIpc) is 2.59. The fourth-order valence-corrected chi connectivity index (χ4v) is 2.32. The predicted molar refractivity (Wildman–Crippen MR) is 92.6 cm³/mol. The van der Waals surface area contributed by atoms with Crippen molar-refractivity contribution in [3.8, 4) is 5.75 Å². The molecule has 23 heavy (non-hydrogen) atoms. The first-order valence-corrected chi connectivity index (χ1v) is 7.94. The summed E-state index contributed by atoms with van der Waals surface area (Å²) in [5.74, 6) is 0.891. The number of benzene rings is 2. The van der Waals surface area contributed by atoms with Crippen LogP contribution in [0.15, 0.2) is 54.6 Å². The Morgan fingerprint density at radius 3 is 2.52 bits per heavy atom. The number of hydrogen-bond donors (Lipinski definition) is 1. The lowest BCUT2D eigenvalue weighted by Crippen LogP contribution is -2.38. The number of amides is 2. The van der Waals surface area contributed by atoms with E-state index in [1.165, 1.54) is 5.56 Å². The number of hydrogen-bond acceptors (Lipinski definition) is 2. The molecule has 1 N–H and O–H groups in total. The molecule has 2 aromatic rings. The lowest BCUT2D eigenvalue weighted by Gasteiger charge is -2.18. The molecular weight excluding hydrogens is 288 g/mol. The van der Waals surface area contributed by atoms with Crippen molar-refractivity contribution in [2.45, 2.75) is 19.9 Å². The Kier molecular flexibility index (Phi) is 6.48. The van der Waals surface area contributed by atoms with Crippen molar-refractivity contribution in [1.29, 1.82) is 0 Å². The molecule has 0 fully saturated rings. The second kappa shape index (κ2) is 8.83. The highest BCUT2D eigenvalue weighted by Crippen LogP contribution is 2.17. The molecule has 0 aliphatic rings. The molecule has 0 bridgehead atoms. The minimum absolute atomic E-state index is 0.0961. The van der Waals surface area contributed by atoms with Crippen molar-refractivity contribution in [3.05, 3.63) is 65.7 Å². The van der Waals surface area contributed by atoms with Crippen molar-refractivity contribution in [3.63, 3.8) is 0 Å². The highest BCUT2D eigenvalue weighted by atomic mass is 16.5. The van der Waals surface area contributed by atoms with Crippen LogP contribution < -0.4 is 10.1 Å². The molecule has 2 amide bonds. The predicted octanol–water partition coefficient (Wildman–Crippen LogP) is 3.47. The van der Waals surface area contributed by atoms with Crippen molar-refractivity contribution in [1.82, 2.24) is 10.2 Å². The van der Waals surface area contributed by atoms with Gasteiger partial charge in [-0.1, -0.05) is 55.5 Å². The zero-order chi connectivity index (χ0) is 16.5. The normalized spacial score (nSPS) is 10.2. The molecule has 0 heterocycles. The maximum absolute atomic E-state index is 12.0. The van der Waals surface area contributed by atoms with E-state index in [1.807, 2.05) is 48.5 Å². The van der Waals surface area contributed by atoms with Crippen LogP contribution in [0.1, 0.15) is 18.1 Å². The lowest BCUT2D eigenvalue weighted by molar-refractivity contribution is 0.203. The van der Waals surface area contributed by atoms with Gasteiger partial charge in [0.15, 0.2) is 0 Å². The van der Waals surface area contributed by atoms with E-state index < -0.39 is 0 Å². The molecule has 0 saturated carbocycles. The number of carbonyl (C=O) groups excluding carboxylic acids is 1. The quantitative estimate of drug-likeness (QED) is 0.795. The van der Waals surface area contributed by atoms with Gasteiger partial charge in [-0.15, -0.1) is 0 Å². The first-order chi connectivity index (χ1) is 11.2. The fraction of sp³-hybridized carbons (Fsp3) is 0.316. The molecule has 0 aromatic heterocycles. The van der Waals surface area contributed by atoms with Gasteiger partial charge in [-0.3, -0.25) is 0 Å². The smallest absolute Gasteiger partial charge is 0.317 e. The molecule has 4 heteroatoms. The molecule has 0 aliphatic carbocycles.